The molecule has 0 saturated heterocycles. The maximum absolute atomic E-state index is 5.98. The fourth-order valence-corrected chi connectivity index (χ4v) is 3.76. The zero-order valence-electron chi connectivity index (χ0n) is 12.2. The van der Waals surface area contributed by atoms with E-state index in [0.717, 1.165) is 19.6 Å². The summed E-state index contributed by atoms with van der Waals surface area (Å²) >= 11 is 7.80. The van der Waals surface area contributed by atoms with E-state index in [4.69, 9.17) is 11.6 Å². The van der Waals surface area contributed by atoms with Gasteiger partial charge in [-0.3, -0.25) is 4.90 Å². The highest BCUT2D eigenvalue weighted by Gasteiger charge is 2.10. The first-order valence-corrected chi connectivity index (χ1v) is 8.55. The van der Waals surface area contributed by atoms with E-state index in [2.05, 4.69) is 64.9 Å². The molecule has 116 valence electrons. The lowest BCUT2D eigenvalue weighted by Crippen LogP contribution is -2.24. The summed E-state index contributed by atoms with van der Waals surface area (Å²) in [5, 5.41) is 3.65. The van der Waals surface area contributed by atoms with Crippen LogP contribution in [-0.2, 0) is 13.1 Å². The van der Waals surface area contributed by atoms with Gasteiger partial charge in [0.25, 0.3) is 0 Å². The molecule has 0 radical (unpaired) electrons. The Bertz CT molecular complexity index is 696. The van der Waals surface area contributed by atoms with E-state index in [-0.39, 0.29) is 12.4 Å². The predicted octanol–water partition coefficient (Wildman–Crippen LogP) is 5.56. The molecule has 2 aromatic carbocycles. The monoisotopic (exact) mass is 351 g/mol. The SMILES string of the molecule is Cl.ClCCN(Cc1ccccc1)Cc1csc2ccccc12. The van der Waals surface area contributed by atoms with Gasteiger partial charge in [0, 0.05) is 30.2 Å². The first-order chi connectivity index (χ1) is 10.4. The van der Waals surface area contributed by atoms with E-state index < -0.39 is 0 Å². The summed E-state index contributed by atoms with van der Waals surface area (Å²) in [6.45, 7) is 2.80. The van der Waals surface area contributed by atoms with Crippen molar-refractivity contribution in [2.24, 2.45) is 0 Å². The van der Waals surface area contributed by atoms with E-state index in [1.807, 2.05) is 11.3 Å². The molecule has 0 amide bonds. The summed E-state index contributed by atoms with van der Waals surface area (Å²) in [6, 6.07) is 19.2. The largest absolute Gasteiger partial charge is 0.294 e. The van der Waals surface area contributed by atoms with Crippen LogP contribution in [-0.4, -0.2) is 17.3 Å². The van der Waals surface area contributed by atoms with Crippen LogP contribution in [0.1, 0.15) is 11.1 Å². The van der Waals surface area contributed by atoms with Crippen molar-refractivity contribution in [2.45, 2.75) is 13.1 Å². The highest BCUT2D eigenvalue weighted by molar-refractivity contribution is 7.17. The van der Waals surface area contributed by atoms with E-state index in [0.29, 0.717) is 5.88 Å². The molecule has 0 spiro atoms. The van der Waals surface area contributed by atoms with Gasteiger partial charge in [0.05, 0.1) is 0 Å². The molecule has 1 nitrogen and oxygen atoms in total. The zero-order valence-corrected chi connectivity index (χ0v) is 14.6. The molecule has 0 bridgehead atoms. The summed E-state index contributed by atoms with van der Waals surface area (Å²) in [4.78, 5) is 2.41. The van der Waals surface area contributed by atoms with Gasteiger partial charge in [-0.05, 0) is 28.0 Å². The number of nitrogens with zero attached hydrogens (tertiary/aromatic N) is 1. The topological polar surface area (TPSA) is 3.24 Å². The molecule has 0 unspecified atom stereocenters. The van der Waals surface area contributed by atoms with Gasteiger partial charge in [-0.1, -0.05) is 48.5 Å². The van der Waals surface area contributed by atoms with Crippen LogP contribution >= 0.6 is 35.3 Å². The van der Waals surface area contributed by atoms with E-state index in [1.165, 1.54) is 21.2 Å². The number of rotatable bonds is 6. The summed E-state index contributed by atoms with van der Waals surface area (Å²) in [6.07, 6.45) is 0. The number of halogens is 2. The summed E-state index contributed by atoms with van der Waals surface area (Å²) in [7, 11) is 0. The number of hydrogen-bond donors (Lipinski definition) is 0. The van der Waals surface area contributed by atoms with Crippen molar-refractivity contribution in [3.8, 4) is 0 Å². The molecule has 3 aromatic rings. The molecule has 1 heterocycles. The standard InChI is InChI=1S/C18H18ClNS.ClH/c19-10-11-20(12-15-6-2-1-3-7-15)13-16-14-21-18-9-5-4-8-17(16)18;/h1-9,14H,10-13H2;1H. The molecule has 22 heavy (non-hydrogen) atoms. The van der Waals surface area contributed by atoms with E-state index in [9.17, 15) is 0 Å². The van der Waals surface area contributed by atoms with Gasteiger partial charge < -0.3 is 0 Å². The molecule has 4 heteroatoms. The lowest BCUT2D eigenvalue weighted by atomic mass is 10.1. The second-order valence-corrected chi connectivity index (χ2v) is 6.43. The first-order valence-electron chi connectivity index (χ1n) is 7.14. The molecule has 0 fully saturated rings. The maximum atomic E-state index is 5.98. The molecule has 0 saturated carbocycles. The van der Waals surface area contributed by atoms with Crippen molar-refractivity contribution in [3.05, 3.63) is 71.1 Å². The van der Waals surface area contributed by atoms with Crippen LogP contribution in [0.4, 0.5) is 0 Å². The fraction of sp³-hybridized carbons (Fsp3) is 0.222. The number of benzene rings is 2. The van der Waals surface area contributed by atoms with Crippen molar-refractivity contribution < 1.29 is 0 Å². The van der Waals surface area contributed by atoms with Crippen molar-refractivity contribution in [3.63, 3.8) is 0 Å². The Labute approximate surface area is 146 Å². The Kier molecular flexibility index (Phi) is 6.71. The molecular formula is C18H19Cl2NS. The lowest BCUT2D eigenvalue weighted by Gasteiger charge is -2.21. The van der Waals surface area contributed by atoms with Crippen molar-refractivity contribution >= 4 is 45.4 Å². The number of hydrogen-bond acceptors (Lipinski definition) is 2. The third-order valence-electron chi connectivity index (χ3n) is 3.60. The Morgan fingerprint density at radius 1 is 0.909 bits per heavy atom. The summed E-state index contributed by atoms with van der Waals surface area (Å²) in [5.74, 6) is 0.662. The molecule has 0 aliphatic rings. The Morgan fingerprint density at radius 3 is 2.41 bits per heavy atom. The van der Waals surface area contributed by atoms with Gasteiger partial charge in [-0.15, -0.1) is 35.3 Å². The third kappa shape index (κ3) is 4.23. The zero-order chi connectivity index (χ0) is 14.5. The molecule has 1 aromatic heterocycles. The Hall–Kier alpha value is -1.06. The van der Waals surface area contributed by atoms with Gasteiger partial charge >= 0.3 is 0 Å². The third-order valence-corrected chi connectivity index (χ3v) is 4.79. The van der Waals surface area contributed by atoms with Gasteiger partial charge in [0.15, 0.2) is 0 Å². The minimum Gasteiger partial charge on any atom is -0.294 e. The first kappa shape index (κ1) is 17.3. The molecular weight excluding hydrogens is 333 g/mol. The quantitative estimate of drug-likeness (QED) is 0.525. The lowest BCUT2D eigenvalue weighted by molar-refractivity contribution is 0.274. The predicted molar refractivity (Wildman–Crippen MR) is 100 cm³/mol. The minimum atomic E-state index is 0. The van der Waals surface area contributed by atoms with E-state index in [1.54, 1.807) is 0 Å². The molecule has 0 aliphatic carbocycles. The summed E-state index contributed by atoms with van der Waals surface area (Å²) in [5.41, 5.74) is 2.73. The molecule has 3 rings (SSSR count). The Morgan fingerprint density at radius 2 is 1.64 bits per heavy atom. The fourth-order valence-electron chi connectivity index (χ4n) is 2.57. The molecule has 0 aliphatic heterocycles. The van der Waals surface area contributed by atoms with Crippen molar-refractivity contribution in [1.82, 2.24) is 4.90 Å². The number of alkyl halides is 1. The summed E-state index contributed by atoms with van der Waals surface area (Å²) < 4.78 is 1.36. The van der Waals surface area contributed by atoms with Gasteiger partial charge in [0.1, 0.15) is 0 Å². The number of fused-ring (bicyclic) bond motifs is 1. The number of thiophene rings is 1. The second kappa shape index (κ2) is 8.54. The van der Waals surface area contributed by atoms with Crippen molar-refractivity contribution in [2.75, 3.05) is 12.4 Å². The van der Waals surface area contributed by atoms with Crippen LogP contribution in [0.2, 0.25) is 0 Å². The maximum Gasteiger partial charge on any atom is 0.0351 e. The smallest absolute Gasteiger partial charge is 0.0351 e. The average Bonchev–Trinajstić information content (AvgIpc) is 2.92. The second-order valence-electron chi connectivity index (χ2n) is 5.14. The van der Waals surface area contributed by atoms with Gasteiger partial charge in [-0.2, -0.15) is 0 Å². The normalized spacial score (nSPS) is 10.8. The van der Waals surface area contributed by atoms with Gasteiger partial charge in [-0.25, -0.2) is 0 Å². The van der Waals surface area contributed by atoms with Crippen molar-refractivity contribution in [1.29, 1.82) is 0 Å². The van der Waals surface area contributed by atoms with Crippen LogP contribution < -0.4 is 0 Å². The van der Waals surface area contributed by atoms with Crippen LogP contribution in [0, 0.1) is 0 Å². The van der Waals surface area contributed by atoms with Gasteiger partial charge in [0.2, 0.25) is 0 Å². The van der Waals surface area contributed by atoms with Crippen LogP contribution in [0.15, 0.2) is 60.0 Å². The molecule has 0 atom stereocenters. The Balaban J connectivity index is 0.00000176. The van der Waals surface area contributed by atoms with Crippen LogP contribution in [0.25, 0.3) is 10.1 Å². The molecule has 0 N–H and O–H groups in total. The van der Waals surface area contributed by atoms with E-state index >= 15 is 0 Å². The van der Waals surface area contributed by atoms with Crippen LogP contribution in [0.5, 0.6) is 0 Å². The highest BCUT2D eigenvalue weighted by Crippen LogP contribution is 2.27. The van der Waals surface area contributed by atoms with Crippen LogP contribution in [0.3, 0.4) is 0 Å². The highest BCUT2D eigenvalue weighted by atomic mass is 35.5. The minimum absolute atomic E-state index is 0. The average molecular weight is 352 g/mol.